The fraction of sp³-hybridized carbons (Fsp3) is 0.279. The molecule has 12 nitrogen and oxygen atoms in total. The first-order chi connectivity index (χ1) is 28.0. The normalized spacial score (nSPS) is 15.4. The second kappa shape index (κ2) is 16.4. The predicted octanol–water partition coefficient (Wildman–Crippen LogP) is 9.43. The smallest absolute Gasteiger partial charge is 0.410 e. The van der Waals surface area contributed by atoms with E-state index in [1.165, 1.54) is 11.1 Å². The standard InChI is InChI=1S/C43H41Cl3N8O4/c1-25(31-12-10-28(44)21-33(31)46)54-24-48-37(26-8-5-4-6-9-26)39(54)36-32-13-11-29(45)22-34(32)49-38(36)41(55)50-35-20-27(42(56)51(2)3)23-47-40(35)52-17-14-30(15-18-52)53-16-7-19-58-43(53)57/h4-6,8-13,20-25,30,49H,7,14-19H2,1-3H3,(H,50,55). The Morgan fingerprint density at radius 2 is 1.69 bits per heavy atom. The van der Waals surface area contributed by atoms with Crippen molar-refractivity contribution in [2.24, 2.45) is 0 Å². The molecule has 298 valence electrons. The molecule has 3 aromatic heterocycles. The van der Waals surface area contributed by atoms with Gasteiger partial charge in [0.15, 0.2) is 5.82 Å². The Hall–Kier alpha value is -5.56. The number of nitrogens with zero attached hydrogens (tertiary/aromatic N) is 6. The van der Waals surface area contributed by atoms with Crippen molar-refractivity contribution < 1.29 is 19.1 Å². The molecule has 1 atom stereocenters. The number of carbonyl (C=O) groups is 3. The van der Waals surface area contributed by atoms with Crippen molar-refractivity contribution in [3.05, 3.63) is 117 Å². The van der Waals surface area contributed by atoms with E-state index in [1.807, 2.05) is 58.9 Å². The van der Waals surface area contributed by atoms with Gasteiger partial charge in [-0.1, -0.05) is 77.3 Å². The van der Waals surface area contributed by atoms with Crippen LogP contribution in [0.15, 0.2) is 85.3 Å². The summed E-state index contributed by atoms with van der Waals surface area (Å²) < 4.78 is 7.33. The highest BCUT2D eigenvalue weighted by atomic mass is 35.5. The number of piperidine rings is 1. The number of halogens is 3. The molecular weight excluding hydrogens is 799 g/mol. The summed E-state index contributed by atoms with van der Waals surface area (Å²) in [5.41, 5.74) is 5.18. The van der Waals surface area contributed by atoms with Crippen LogP contribution in [0.25, 0.3) is 33.4 Å². The van der Waals surface area contributed by atoms with Gasteiger partial charge in [-0.3, -0.25) is 9.59 Å². The summed E-state index contributed by atoms with van der Waals surface area (Å²) in [4.78, 5) is 59.2. The molecule has 15 heteroatoms. The zero-order chi connectivity index (χ0) is 40.7. The van der Waals surface area contributed by atoms with Crippen LogP contribution < -0.4 is 10.2 Å². The van der Waals surface area contributed by atoms with E-state index in [9.17, 15) is 14.4 Å². The number of imidazole rings is 1. The van der Waals surface area contributed by atoms with Crippen LogP contribution in [0.2, 0.25) is 15.1 Å². The minimum Gasteiger partial charge on any atom is -0.449 e. The molecule has 2 aliphatic heterocycles. The first-order valence-electron chi connectivity index (χ1n) is 19.1. The van der Waals surface area contributed by atoms with Gasteiger partial charge in [-0.15, -0.1) is 0 Å². The quantitative estimate of drug-likeness (QED) is 0.149. The summed E-state index contributed by atoms with van der Waals surface area (Å²) in [6.07, 6.45) is 5.20. The van der Waals surface area contributed by atoms with Crippen molar-refractivity contribution in [2.45, 2.75) is 38.3 Å². The number of aromatic amines is 1. The maximum absolute atomic E-state index is 15.0. The Kier molecular flexibility index (Phi) is 11.1. The van der Waals surface area contributed by atoms with E-state index in [0.717, 1.165) is 22.9 Å². The molecule has 2 aliphatic rings. The van der Waals surface area contributed by atoms with Crippen LogP contribution in [0.1, 0.15) is 58.6 Å². The maximum atomic E-state index is 15.0. The van der Waals surface area contributed by atoms with E-state index in [1.54, 1.807) is 50.8 Å². The third-order valence-electron chi connectivity index (χ3n) is 10.9. The number of pyridine rings is 1. The highest BCUT2D eigenvalue weighted by molar-refractivity contribution is 6.35. The topological polar surface area (TPSA) is 129 Å². The lowest BCUT2D eigenvalue weighted by Gasteiger charge is -2.40. The fourth-order valence-electron chi connectivity index (χ4n) is 7.94. The summed E-state index contributed by atoms with van der Waals surface area (Å²) in [7, 11) is 3.33. The molecule has 8 rings (SSSR count). The van der Waals surface area contributed by atoms with Gasteiger partial charge in [0.2, 0.25) is 0 Å². The van der Waals surface area contributed by atoms with Gasteiger partial charge in [-0.2, -0.15) is 0 Å². The first kappa shape index (κ1) is 39.3. The summed E-state index contributed by atoms with van der Waals surface area (Å²) in [5, 5.41) is 5.40. The Balaban J connectivity index is 1.23. The zero-order valence-electron chi connectivity index (χ0n) is 32.1. The molecule has 0 radical (unpaired) electrons. The largest absolute Gasteiger partial charge is 0.449 e. The highest BCUT2D eigenvalue weighted by Gasteiger charge is 2.33. The summed E-state index contributed by atoms with van der Waals surface area (Å²) in [5.74, 6) is -0.205. The SMILES string of the molecule is CC(c1ccc(Cl)cc1Cl)n1cnc(-c2ccccc2)c1-c1c(C(=O)Nc2cc(C(=O)N(C)C)cnc2N2CCC(N3CCCOC3=O)CC2)[nH]c2cc(Cl)ccc12. The molecule has 2 fully saturated rings. The van der Waals surface area contributed by atoms with E-state index in [4.69, 9.17) is 49.5 Å². The van der Waals surface area contributed by atoms with E-state index in [2.05, 4.69) is 15.2 Å². The molecular formula is C43H41Cl3N8O4. The lowest BCUT2D eigenvalue weighted by atomic mass is 9.99. The molecule has 2 saturated heterocycles. The molecule has 3 aromatic carbocycles. The van der Waals surface area contributed by atoms with E-state index in [-0.39, 0.29) is 29.8 Å². The lowest BCUT2D eigenvalue weighted by molar-refractivity contribution is 0.0499. The number of hydrogen-bond donors (Lipinski definition) is 2. The number of benzene rings is 3. The van der Waals surface area contributed by atoms with Crippen molar-refractivity contribution in [1.82, 2.24) is 29.3 Å². The molecule has 58 heavy (non-hydrogen) atoms. The molecule has 6 aromatic rings. The van der Waals surface area contributed by atoms with Gasteiger partial charge in [-0.25, -0.2) is 14.8 Å². The van der Waals surface area contributed by atoms with Crippen molar-refractivity contribution in [2.75, 3.05) is 50.6 Å². The van der Waals surface area contributed by atoms with Gasteiger partial charge in [0.1, 0.15) is 5.69 Å². The molecule has 0 saturated carbocycles. The molecule has 2 N–H and O–H groups in total. The Bertz CT molecular complexity index is 2530. The maximum Gasteiger partial charge on any atom is 0.410 e. The van der Waals surface area contributed by atoms with Gasteiger partial charge in [0.05, 0.1) is 41.6 Å². The Morgan fingerprint density at radius 1 is 0.948 bits per heavy atom. The van der Waals surface area contributed by atoms with Crippen LogP contribution in [0.3, 0.4) is 0 Å². The van der Waals surface area contributed by atoms with Crippen LogP contribution >= 0.6 is 34.8 Å². The third kappa shape index (κ3) is 7.59. The van der Waals surface area contributed by atoms with Gasteiger partial charge < -0.3 is 34.3 Å². The number of amides is 3. The predicted molar refractivity (Wildman–Crippen MR) is 228 cm³/mol. The minimum atomic E-state index is -0.463. The number of cyclic esters (lactones) is 1. The number of aromatic nitrogens is 4. The zero-order valence-corrected chi connectivity index (χ0v) is 34.4. The highest BCUT2D eigenvalue weighted by Crippen LogP contribution is 2.43. The van der Waals surface area contributed by atoms with Crippen molar-refractivity contribution in [3.8, 4) is 22.5 Å². The molecule has 0 aliphatic carbocycles. The van der Waals surface area contributed by atoms with Crippen LogP contribution in [0, 0.1) is 0 Å². The lowest BCUT2D eigenvalue weighted by Crippen LogP contribution is -2.50. The molecule has 3 amide bonds. The van der Waals surface area contributed by atoms with Crippen LogP contribution in [-0.2, 0) is 4.74 Å². The Labute approximate surface area is 350 Å². The number of nitrogens with one attached hydrogen (secondary N) is 2. The number of rotatable bonds is 9. The number of H-pyrrole nitrogens is 1. The fourth-order valence-corrected chi connectivity index (χ4v) is 8.68. The number of hydrogen-bond acceptors (Lipinski definition) is 7. The average Bonchev–Trinajstić information content (AvgIpc) is 3.82. The average molecular weight is 840 g/mol. The molecule has 0 bridgehead atoms. The summed E-state index contributed by atoms with van der Waals surface area (Å²) in [6.45, 7) is 4.27. The van der Waals surface area contributed by atoms with Gasteiger partial charge in [-0.05, 0) is 62.1 Å². The van der Waals surface area contributed by atoms with E-state index in [0.29, 0.717) is 93.7 Å². The van der Waals surface area contributed by atoms with Crippen molar-refractivity contribution >= 4 is 75.1 Å². The van der Waals surface area contributed by atoms with Crippen LogP contribution in [0.5, 0.6) is 0 Å². The molecule has 1 unspecified atom stereocenters. The van der Waals surface area contributed by atoms with Gasteiger partial charge in [0.25, 0.3) is 11.8 Å². The number of carbonyl (C=O) groups excluding carboxylic acids is 3. The van der Waals surface area contributed by atoms with Crippen LogP contribution in [0.4, 0.5) is 16.3 Å². The number of anilines is 2. The number of ether oxygens (including phenoxy) is 1. The van der Waals surface area contributed by atoms with Gasteiger partial charge in [0, 0.05) is 83.1 Å². The summed E-state index contributed by atoms with van der Waals surface area (Å²) >= 11 is 19.6. The second-order valence-corrected chi connectivity index (χ2v) is 16.0. The van der Waals surface area contributed by atoms with Crippen LogP contribution in [-0.4, -0.2) is 93.6 Å². The number of fused-ring (bicyclic) bond motifs is 1. The minimum absolute atomic E-state index is 0.0335. The van der Waals surface area contributed by atoms with Crippen molar-refractivity contribution in [3.63, 3.8) is 0 Å². The van der Waals surface area contributed by atoms with E-state index < -0.39 is 5.91 Å². The monoisotopic (exact) mass is 838 g/mol. The second-order valence-electron chi connectivity index (χ2n) is 14.8. The Morgan fingerprint density at radius 3 is 2.41 bits per heavy atom. The third-order valence-corrected chi connectivity index (χ3v) is 11.7. The summed E-state index contributed by atoms with van der Waals surface area (Å²) in [6, 6.07) is 22.0. The van der Waals surface area contributed by atoms with Gasteiger partial charge >= 0.3 is 6.09 Å². The first-order valence-corrected chi connectivity index (χ1v) is 20.2. The van der Waals surface area contributed by atoms with E-state index >= 15 is 0 Å². The molecule has 0 spiro atoms. The van der Waals surface area contributed by atoms with Crippen molar-refractivity contribution in [1.29, 1.82) is 0 Å². The molecule has 5 heterocycles.